The predicted molar refractivity (Wildman–Crippen MR) is 69.6 cm³/mol. The van der Waals surface area contributed by atoms with Gasteiger partial charge in [-0.3, -0.25) is 5.32 Å². The average molecular weight is 235 g/mol. The van der Waals surface area contributed by atoms with Gasteiger partial charge in [0.05, 0.1) is 6.07 Å². The van der Waals surface area contributed by atoms with Crippen LogP contribution in [-0.4, -0.2) is 37.1 Å². The maximum atomic E-state index is 9.12. The fourth-order valence-electron chi connectivity index (χ4n) is 2.86. The van der Waals surface area contributed by atoms with Crippen LogP contribution in [0.4, 0.5) is 0 Å². The van der Waals surface area contributed by atoms with E-state index in [1.807, 2.05) is 0 Å². The molecule has 17 heavy (non-hydrogen) atoms. The van der Waals surface area contributed by atoms with Gasteiger partial charge in [0.2, 0.25) is 0 Å². The van der Waals surface area contributed by atoms with Gasteiger partial charge in [-0.25, -0.2) is 0 Å². The van der Waals surface area contributed by atoms with Gasteiger partial charge in [0.1, 0.15) is 6.04 Å². The number of nitriles is 1. The Hall–Kier alpha value is -0.590. The van der Waals surface area contributed by atoms with E-state index in [1.165, 1.54) is 51.5 Å². The fraction of sp³-hybridized carbons (Fsp3) is 0.929. The molecule has 0 spiro atoms. The molecule has 0 aromatic rings. The summed E-state index contributed by atoms with van der Waals surface area (Å²) < 4.78 is 0. The van der Waals surface area contributed by atoms with Crippen molar-refractivity contribution in [3.8, 4) is 6.07 Å². The molecule has 0 bridgehead atoms. The van der Waals surface area contributed by atoms with Gasteiger partial charge in [-0.05, 0) is 38.6 Å². The Morgan fingerprint density at radius 2 is 1.94 bits per heavy atom. The molecular formula is C14H25N3. The molecule has 1 unspecified atom stereocenters. The van der Waals surface area contributed by atoms with Crippen LogP contribution < -0.4 is 5.32 Å². The van der Waals surface area contributed by atoms with Crippen LogP contribution in [0.25, 0.3) is 0 Å². The third-order valence-corrected chi connectivity index (χ3v) is 3.96. The minimum Gasteiger partial charge on any atom is -0.303 e. The Bertz CT molecular complexity index is 261. The summed E-state index contributed by atoms with van der Waals surface area (Å²) in [5.74, 6) is 0.869. The van der Waals surface area contributed by atoms with Crippen molar-refractivity contribution in [2.24, 2.45) is 5.92 Å². The van der Waals surface area contributed by atoms with Crippen LogP contribution in [0.2, 0.25) is 0 Å². The summed E-state index contributed by atoms with van der Waals surface area (Å²) in [4.78, 5) is 2.35. The van der Waals surface area contributed by atoms with Crippen LogP contribution in [0.5, 0.6) is 0 Å². The van der Waals surface area contributed by atoms with Crippen molar-refractivity contribution in [1.29, 1.82) is 5.26 Å². The topological polar surface area (TPSA) is 39.1 Å². The lowest BCUT2D eigenvalue weighted by Crippen LogP contribution is -2.41. The monoisotopic (exact) mass is 235 g/mol. The second-order valence-corrected chi connectivity index (χ2v) is 5.85. The SMILES string of the molecule is CN(CC1CCCCC1)CC(C#N)NC1CC1. The van der Waals surface area contributed by atoms with E-state index in [4.69, 9.17) is 5.26 Å². The quantitative estimate of drug-likeness (QED) is 0.766. The highest BCUT2D eigenvalue weighted by Gasteiger charge is 2.25. The molecule has 0 aromatic heterocycles. The van der Waals surface area contributed by atoms with Crippen LogP contribution in [0.3, 0.4) is 0 Å². The van der Waals surface area contributed by atoms with Gasteiger partial charge in [0, 0.05) is 19.1 Å². The van der Waals surface area contributed by atoms with E-state index in [2.05, 4.69) is 23.3 Å². The molecule has 2 aliphatic rings. The highest BCUT2D eigenvalue weighted by molar-refractivity contribution is 4.97. The van der Waals surface area contributed by atoms with Crippen LogP contribution in [0.15, 0.2) is 0 Å². The molecule has 3 nitrogen and oxygen atoms in total. The van der Waals surface area contributed by atoms with Gasteiger partial charge in [-0.2, -0.15) is 5.26 Å². The van der Waals surface area contributed by atoms with E-state index in [0.29, 0.717) is 6.04 Å². The van der Waals surface area contributed by atoms with Crippen molar-refractivity contribution < 1.29 is 0 Å². The number of hydrogen-bond donors (Lipinski definition) is 1. The number of nitrogens with zero attached hydrogens (tertiary/aromatic N) is 2. The molecule has 0 amide bonds. The summed E-state index contributed by atoms with van der Waals surface area (Å²) in [5.41, 5.74) is 0. The van der Waals surface area contributed by atoms with Crippen LogP contribution >= 0.6 is 0 Å². The first-order valence-corrected chi connectivity index (χ1v) is 7.12. The lowest BCUT2D eigenvalue weighted by Gasteiger charge is -2.28. The molecule has 0 aliphatic heterocycles. The molecular weight excluding hydrogens is 210 g/mol. The summed E-state index contributed by atoms with van der Waals surface area (Å²) in [6.07, 6.45) is 9.51. The summed E-state index contributed by atoms with van der Waals surface area (Å²) in [5, 5.41) is 12.5. The Kier molecular flexibility index (Phi) is 4.82. The number of rotatable bonds is 6. The third kappa shape index (κ3) is 4.65. The molecule has 2 rings (SSSR count). The van der Waals surface area contributed by atoms with Crippen molar-refractivity contribution in [3.63, 3.8) is 0 Å². The summed E-state index contributed by atoms with van der Waals surface area (Å²) in [7, 11) is 2.16. The molecule has 2 saturated carbocycles. The van der Waals surface area contributed by atoms with Gasteiger partial charge < -0.3 is 4.90 Å². The van der Waals surface area contributed by atoms with Crippen LogP contribution in [0.1, 0.15) is 44.9 Å². The lowest BCUT2D eigenvalue weighted by molar-refractivity contribution is 0.224. The van der Waals surface area contributed by atoms with E-state index in [9.17, 15) is 0 Å². The van der Waals surface area contributed by atoms with Crippen molar-refractivity contribution in [2.75, 3.05) is 20.1 Å². The predicted octanol–water partition coefficient (Wildman–Crippen LogP) is 2.14. The van der Waals surface area contributed by atoms with Crippen molar-refractivity contribution in [2.45, 2.75) is 57.0 Å². The standard InChI is InChI=1S/C14H25N3/c1-17(10-12-5-3-2-4-6-12)11-14(9-15)16-13-7-8-13/h12-14,16H,2-8,10-11H2,1H3. The van der Waals surface area contributed by atoms with Crippen LogP contribution in [-0.2, 0) is 0 Å². The Morgan fingerprint density at radius 3 is 2.53 bits per heavy atom. The molecule has 2 fully saturated rings. The van der Waals surface area contributed by atoms with E-state index in [0.717, 1.165) is 12.5 Å². The Labute approximate surface area is 105 Å². The van der Waals surface area contributed by atoms with E-state index < -0.39 is 0 Å². The molecule has 0 radical (unpaired) electrons. The zero-order valence-electron chi connectivity index (χ0n) is 11.0. The molecule has 96 valence electrons. The Balaban J connectivity index is 1.67. The maximum absolute atomic E-state index is 9.12. The number of nitrogens with one attached hydrogen (secondary N) is 1. The zero-order chi connectivity index (χ0) is 12.1. The van der Waals surface area contributed by atoms with E-state index in [1.54, 1.807) is 0 Å². The second kappa shape index (κ2) is 6.37. The second-order valence-electron chi connectivity index (χ2n) is 5.85. The van der Waals surface area contributed by atoms with E-state index >= 15 is 0 Å². The third-order valence-electron chi connectivity index (χ3n) is 3.96. The molecule has 2 aliphatic carbocycles. The zero-order valence-corrected chi connectivity index (χ0v) is 11.0. The first kappa shape index (κ1) is 12.9. The van der Waals surface area contributed by atoms with Crippen LogP contribution in [0, 0.1) is 17.2 Å². The minimum absolute atomic E-state index is 0.0242. The molecule has 3 heteroatoms. The normalized spacial score (nSPS) is 23.6. The van der Waals surface area contributed by atoms with Crippen molar-refractivity contribution in [1.82, 2.24) is 10.2 Å². The van der Waals surface area contributed by atoms with E-state index in [-0.39, 0.29) is 6.04 Å². The summed E-state index contributed by atoms with van der Waals surface area (Å²) in [6.45, 7) is 2.05. The number of hydrogen-bond acceptors (Lipinski definition) is 3. The molecule has 0 aromatic carbocycles. The van der Waals surface area contributed by atoms with Crippen molar-refractivity contribution >= 4 is 0 Å². The molecule has 0 saturated heterocycles. The van der Waals surface area contributed by atoms with Gasteiger partial charge >= 0.3 is 0 Å². The molecule has 1 atom stereocenters. The summed E-state index contributed by atoms with van der Waals surface area (Å²) in [6, 6.07) is 3.04. The van der Waals surface area contributed by atoms with Gasteiger partial charge in [0.15, 0.2) is 0 Å². The highest BCUT2D eigenvalue weighted by atomic mass is 15.1. The van der Waals surface area contributed by atoms with Crippen molar-refractivity contribution in [3.05, 3.63) is 0 Å². The fourth-order valence-corrected chi connectivity index (χ4v) is 2.86. The highest BCUT2D eigenvalue weighted by Crippen LogP contribution is 2.24. The van der Waals surface area contributed by atoms with Gasteiger partial charge in [-0.1, -0.05) is 19.3 Å². The molecule has 0 heterocycles. The lowest BCUT2D eigenvalue weighted by atomic mass is 9.89. The number of likely N-dealkylation sites (N-methyl/N-ethyl adjacent to an activating group) is 1. The Morgan fingerprint density at radius 1 is 1.24 bits per heavy atom. The first-order valence-electron chi connectivity index (χ1n) is 7.12. The maximum Gasteiger partial charge on any atom is 0.108 e. The first-order chi connectivity index (χ1) is 8.28. The average Bonchev–Trinajstić information content (AvgIpc) is 3.13. The summed E-state index contributed by atoms with van der Waals surface area (Å²) >= 11 is 0. The van der Waals surface area contributed by atoms with Gasteiger partial charge in [-0.15, -0.1) is 0 Å². The smallest absolute Gasteiger partial charge is 0.108 e. The minimum atomic E-state index is 0.0242. The van der Waals surface area contributed by atoms with Gasteiger partial charge in [0.25, 0.3) is 0 Å². The molecule has 1 N–H and O–H groups in total. The largest absolute Gasteiger partial charge is 0.303 e.